The third kappa shape index (κ3) is 4.51. The molecular formula is C15H25N3O4S. The largest absolute Gasteiger partial charge is 0.385 e. The van der Waals surface area contributed by atoms with Crippen LogP contribution in [0.1, 0.15) is 62.6 Å². The van der Waals surface area contributed by atoms with Crippen LogP contribution in [0, 0.1) is 5.41 Å². The highest BCUT2D eigenvalue weighted by Crippen LogP contribution is 2.41. The Hall–Kier alpha value is -0.990. The second-order valence-electron chi connectivity index (χ2n) is 6.85. The van der Waals surface area contributed by atoms with Crippen LogP contribution < -0.4 is 4.72 Å². The Kier molecular flexibility index (Phi) is 5.03. The second-order valence-corrected chi connectivity index (χ2v) is 8.66. The quantitative estimate of drug-likeness (QED) is 0.736. The van der Waals surface area contributed by atoms with Gasteiger partial charge in [-0.3, -0.25) is 0 Å². The lowest BCUT2D eigenvalue weighted by Gasteiger charge is -2.28. The predicted octanol–water partition coefficient (Wildman–Crippen LogP) is 1.96. The Labute approximate surface area is 137 Å². The normalized spacial score (nSPS) is 20.9. The average molecular weight is 343 g/mol. The molecule has 0 aromatic carbocycles. The van der Waals surface area contributed by atoms with E-state index in [0.717, 1.165) is 44.9 Å². The summed E-state index contributed by atoms with van der Waals surface area (Å²) in [6, 6.07) is 0. The molecule has 1 aromatic heterocycles. The average Bonchev–Trinajstić information content (AvgIpc) is 3.09. The van der Waals surface area contributed by atoms with Gasteiger partial charge < -0.3 is 9.26 Å². The van der Waals surface area contributed by atoms with E-state index in [9.17, 15) is 8.42 Å². The number of methoxy groups -OCH3 is 1. The maximum atomic E-state index is 12.3. The molecule has 1 N–H and O–H groups in total. The van der Waals surface area contributed by atoms with Crippen LogP contribution in [0.5, 0.6) is 0 Å². The number of rotatable bonds is 9. The zero-order chi connectivity index (χ0) is 16.3. The highest BCUT2D eigenvalue weighted by molar-refractivity contribution is 7.88. The minimum Gasteiger partial charge on any atom is -0.385 e. The number of aromatic nitrogens is 2. The van der Waals surface area contributed by atoms with Crippen molar-refractivity contribution in [2.75, 3.05) is 20.3 Å². The van der Waals surface area contributed by atoms with E-state index < -0.39 is 10.0 Å². The van der Waals surface area contributed by atoms with Crippen molar-refractivity contribution in [3.63, 3.8) is 0 Å². The zero-order valence-corrected chi connectivity index (χ0v) is 14.4. The Morgan fingerprint density at radius 2 is 2.09 bits per heavy atom. The molecule has 0 bridgehead atoms. The monoisotopic (exact) mass is 343 g/mol. The number of hydrogen-bond acceptors (Lipinski definition) is 6. The van der Waals surface area contributed by atoms with Gasteiger partial charge >= 0.3 is 0 Å². The van der Waals surface area contributed by atoms with Gasteiger partial charge in [0, 0.05) is 26.2 Å². The second kappa shape index (κ2) is 6.86. The molecule has 2 aliphatic carbocycles. The van der Waals surface area contributed by atoms with Gasteiger partial charge in [-0.1, -0.05) is 18.0 Å². The van der Waals surface area contributed by atoms with Gasteiger partial charge in [0.1, 0.15) is 5.75 Å². The summed E-state index contributed by atoms with van der Waals surface area (Å²) in [4.78, 5) is 4.19. The topological polar surface area (TPSA) is 94.3 Å². The van der Waals surface area contributed by atoms with Gasteiger partial charge in [0.15, 0.2) is 5.82 Å². The van der Waals surface area contributed by atoms with Crippen LogP contribution in [0.15, 0.2) is 4.52 Å². The third-order valence-corrected chi connectivity index (χ3v) is 6.12. The first-order chi connectivity index (χ1) is 11.0. The van der Waals surface area contributed by atoms with Crippen LogP contribution in [0.4, 0.5) is 0 Å². The summed E-state index contributed by atoms with van der Waals surface area (Å²) in [5, 5.41) is 3.78. The summed E-state index contributed by atoms with van der Waals surface area (Å²) in [5.74, 6) is 0.936. The highest BCUT2D eigenvalue weighted by atomic mass is 32.2. The molecule has 1 aromatic rings. The first kappa shape index (κ1) is 16.9. The van der Waals surface area contributed by atoms with Crippen LogP contribution in [0.3, 0.4) is 0 Å². The van der Waals surface area contributed by atoms with Crippen LogP contribution in [-0.2, 0) is 20.5 Å². The smallest absolute Gasteiger partial charge is 0.229 e. The summed E-state index contributed by atoms with van der Waals surface area (Å²) in [5.41, 5.74) is 0.0273. The van der Waals surface area contributed by atoms with Gasteiger partial charge in [0.25, 0.3) is 0 Å². The number of nitrogens with zero attached hydrogens (tertiary/aromatic N) is 2. The summed E-state index contributed by atoms with van der Waals surface area (Å²) in [6.07, 6.45) is 7.39. The summed E-state index contributed by atoms with van der Waals surface area (Å²) < 4.78 is 37.6. The molecule has 0 spiro atoms. The Morgan fingerprint density at radius 3 is 2.74 bits per heavy atom. The Bertz CT molecular complexity index is 618. The molecule has 2 aliphatic rings. The number of sulfonamides is 1. The fraction of sp³-hybridized carbons (Fsp3) is 0.867. The molecule has 2 fully saturated rings. The molecule has 0 amide bonds. The molecule has 8 heteroatoms. The van der Waals surface area contributed by atoms with Crippen molar-refractivity contribution in [3.8, 4) is 0 Å². The molecule has 1 heterocycles. The van der Waals surface area contributed by atoms with E-state index in [0.29, 0.717) is 25.0 Å². The maximum absolute atomic E-state index is 12.3. The van der Waals surface area contributed by atoms with Crippen LogP contribution in [-0.4, -0.2) is 38.8 Å². The predicted molar refractivity (Wildman–Crippen MR) is 84.3 cm³/mol. The lowest BCUT2D eigenvalue weighted by atomic mass is 9.83. The summed E-state index contributed by atoms with van der Waals surface area (Å²) in [6.45, 7) is 1.13. The lowest BCUT2D eigenvalue weighted by molar-refractivity contribution is 0.139. The van der Waals surface area contributed by atoms with Crippen LogP contribution in [0.2, 0.25) is 0 Å². The molecule has 0 atom stereocenters. The van der Waals surface area contributed by atoms with Crippen molar-refractivity contribution in [1.82, 2.24) is 14.9 Å². The molecular weight excluding hydrogens is 318 g/mol. The zero-order valence-electron chi connectivity index (χ0n) is 13.6. The molecule has 130 valence electrons. The summed E-state index contributed by atoms with van der Waals surface area (Å²) >= 11 is 0. The fourth-order valence-electron chi connectivity index (χ4n) is 3.26. The summed E-state index contributed by atoms with van der Waals surface area (Å²) in [7, 11) is -1.77. The van der Waals surface area contributed by atoms with E-state index in [-0.39, 0.29) is 17.0 Å². The van der Waals surface area contributed by atoms with Gasteiger partial charge in [-0.2, -0.15) is 4.98 Å². The van der Waals surface area contributed by atoms with E-state index in [1.54, 1.807) is 7.11 Å². The van der Waals surface area contributed by atoms with Gasteiger partial charge in [-0.05, 0) is 37.5 Å². The van der Waals surface area contributed by atoms with Gasteiger partial charge in [0.2, 0.25) is 15.9 Å². The third-order valence-electron chi connectivity index (χ3n) is 4.90. The van der Waals surface area contributed by atoms with Gasteiger partial charge in [0.05, 0.1) is 0 Å². The SMILES string of the molecule is COCCC1(CNS(=O)(=O)Cc2noc(C3CC3)n2)CCCC1. The first-order valence-corrected chi connectivity index (χ1v) is 9.96. The first-order valence-electron chi connectivity index (χ1n) is 8.31. The Balaban J connectivity index is 1.56. The molecule has 7 nitrogen and oxygen atoms in total. The minimum atomic E-state index is -3.45. The highest BCUT2D eigenvalue weighted by Gasteiger charge is 2.35. The molecule has 0 saturated heterocycles. The minimum absolute atomic E-state index is 0.0273. The van der Waals surface area contributed by atoms with Crippen molar-refractivity contribution >= 4 is 10.0 Å². The van der Waals surface area contributed by atoms with E-state index in [1.165, 1.54) is 0 Å². The maximum Gasteiger partial charge on any atom is 0.229 e. The number of ether oxygens (including phenoxy) is 1. The van der Waals surface area contributed by atoms with E-state index in [4.69, 9.17) is 9.26 Å². The van der Waals surface area contributed by atoms with Crippen molar-refractivity contribution in [1.29, 1.82) is 0 Å². The molecule has 0 aliphatic heterocycles. The molecule has 0 radical (unpaired) electrons. The van der Waals surface area contributed by atoms with Crippen molar-refractivity contribution < 1.29 is 17.7 Å². The van der Waals surface area contributed by atoms with E-state index in [2.05, 4.69) is 14.9 Å². The van der Waals surface area contributed by atoms with E-state index in [1.807, 2.05) is 0 Å². The Morgan fingerprint density at radius 1 is 1.35 bits per heavy atom. The van der Waals surface area contributed by atoms with Crippen molar-refractivity contribution in [3.05, 3.63) is 11.7 Å². The lowest BCUT2D eigenvalue weighted by Crippen LogP contribution is -2.37. The van der Waals surface area contributed by atoms with Crippen LogP contribution >= 0.6 is 0 Å². The molecule has 2 saturated carbocycles. The number of nitrogens with one attached hydrogen (secondary N) is 1. The number of hydrogen-bond donors (Lipinski definition) is 1. The van der Waals surface area contributed by atoms with Crippen LogP contribution in [0.25, 0.3) is 0 Å². The van der Waals surface area contributed by atoms with Gasteiger partial charge in [-0.25, -0.2) is 13.1 Å². The van der Waals surface area contributed by atoms with E-state index >= 15 is 0 Å². The van der Waals surface area contributed by atoms with Gasteiger partial charge in [-0.15, -0.1) is 0 Å². The molecule has 23 heavy (non-hydrogen) atoms. The van der Waals surface area contributed by atoms with Crippen molar-refractivity contribution in [2.45, 2.75) is 56.6 Å². The molecule has 3 rings (SSSR count). The standard InChI is InChI=1S/C15H25N3O4S/c1-21-9-8-15(6-2-3-7-15)11-16-23(19,20)10-13-17-14(22-18-13)12-4-5-12/h12,16H,2-11H2,1H3. The fourth-order valence-corrected chi connectivity index (χ4v) is 4.35. The molecule has 0 unspecified atom stereocenters. The van der Waals surface area contributed by atoms with Crippen molar-refractivity contribution in [2.24, 2.45) is 5.41 Å².